The zero-order chi connectivity index (χ0) is 15.7. The molecule has 3 N–H and O–H groups in total. The maximum Gasteiger partial charge on any atom is 0.356 e. The van der Waals surface area contributed by atoms with Crippen LogP contribution in [0.25, 0.3) is 5.52 Å². The van der Waals surface area contributed by atoms with Gasteiger partial charge >= 0.3 is 5.97 Å². The van der Waals surface area contributed by atoms with E-state index in [9.17, 15) is 9.90 Å². The monoisotopic (exact) mass is 297 g/mol. The van der Waals surface area contributed by atoms with Crippen molar-refractivity contribution in [3.8, 4) is 5.75 Å². The number of rotatable bonds is 4. The number of imidazole rings is 1. The van der Waals surface area contributed by atoms with Gasteiger partial charge in [-0.25, -0.2) is 9.78 Å². The molecule has 22 heavy (non-hydrogen) atoms. The van der Waals surface area contributed by atoms with Crippen LogP contribution in [0.2, 0.25) is 0 Å². The molecule has 0 radical (unpaired) electrons. The molecule has 0 atom stereocenters. The van der Waals surface area contributed by atoms with E-state index in [4.69, 9.17) is 10.5 Å². The Balaban J connectivity index is 1.96. The lowest BCUT2D eigenvalue weighted by molar-refractivity contribution is 0.0693. The van der Waals surface area contributed by atoms with Gasteiger partial charge in [0.05, 0.1) is 5.52 Å². The first kappa shape index (κ1) is 13.9. The summed E-state index contributed by atoms with van der Waals surface area (Å²) in [5.41, 5.74) is 7.86. The van der Waals surface area contributed by atoms with Crippen molar-refractivity contribution in [3.63, 3.8) is 0 Å². The third-order valence-corrected chi connectivity index (χ3v) is 3.29. The van der Waals surface area contributed by atoms with Crippen molar-refractivity contribution in [2.24, 2.45) is 0 Å². The summed E-state index contributed by atoms with van der Waals surface area (Å²) in [5, 5.41) is 9.24. The van der Waals surface area contributed by atoms with Crippen LogP contribution in [0.3, 0.4) is 0 Å². The molecule has 3 aromatic rings. The lowest BCUT2D eigenvalue weighted by atomic mass is 10.2. The zero-order valence-corrected chi connectivity index (χ0v) is 12.0. The van der Waals surface area contributed by atoms with Crippen molar-refractivity contribution in [3.05, 3.63) is 59.7 Å². The van der Waals surface area contributed by atoms with Crippen LogP contribution in [0.5, 0.6) is 5.75 Å². The SMILES string of the molecule is Cc1cccc(OCc2nc(C(=O)O)c3ccc(N)cn23)c1. The van der Waals surface area contributed by atoms with Crippen molar-refractivity contribution in [2.45, 2.75) is 13.5 Å². The molecule has 2 aromatic heterocycles. The topological polar surface area (TPSA) is 89.8 Å². The summed E-state index contributed by atoms with van der Waals surface area (Å²) < 4.78 is 7.34. The summed E-state index contributed by atoms with van der Waals surface area (Å²) in [5.74, 6) is 0.114. The van der Waals surface area contributed by atoms with E-state index in [1.54, 1.807) is 22.7 Å². The molecule has 2 heterocycles. The predicted molar refractivity (Wildman–Crippen MR) is 82.1 cm³/mol. The predicted octanol–water partition coefficient (Wildman–Crippen LogP) is 2.50. The number of pyridine rings is 1. The van der Waals surface area contributed by atoms with Gasteiger partial charge in [-0.1, -0.05) is 12.1 Å². The van der Waals surface area contributed by atoms with Gasteiger partial charge in [0.1, 0.15) is 12.4 Å². The van der Waals surface area contributed by atoms with Crippen LogP contribution in [0, 0.1) is 6.92 Å². The molecule has 0 saturated heterocycles. The third-order valence-electron chi connectivity index (χ3n) is 3.29. The molecule has 0 bridgehead atoms. The van der Waals surface area contributed by atoms with E-state index in [1.807, 2.05) is 31.2 Å². The number of nitrogens with two attached hydrogens (primary N) is 1. The highest BCUT2D eigenvalue weighted by atomic mass is 16.5. The fourth-order valence-electron chi connectivity index (χ4n) is 2.28. The van der Waals surface area contributed by atoms with Gasteiger partial charge in [0.2, 0.25) is 0 Å². The summed E-state index contributed by atoms with van der Waals surface area (Å²) in [7, 11) is 0. The minimum Gasteiger partial charge on any atom is -0.486 e. The van der Waals surface area contributed by atoms with Gasteiger partial charge < -0.3 is 15.6 Å². The molecular weight excluding hydrogens is 282 g/mol. The summed E-state index contributed by atoms with van der Waals surface area (Å²) in [6.07, 6.45) is 1.64. The Hall–Kier alpha value is -3.02. The van der Waals surface area contributed by atoms with Crippen molar-refractivity contribution in [1.82, 2.24) is 9.38 Å². The molecule has 0 unspecified atom stereocenters. The van der Waals surface area contributed by atoms with Gasteiger partial charge in [0, 0.05) is 11.9 Å². The van der Waals surface area contributed by atoms with E-state index < -0.39 is 5.97 Å². The molecule has 0 aliphatic heterocycles. The number of anilines is 1. The van der Waals surface area contributed by atoms with E-state index in [0.717, 1.165) is 5.56 Å². The van der Waals surface area contributed by atoms with E-state index in [2.05, 4.69) is 4.98 Å². The Morgan fingerprint density at radius 3 is 2.91 bits per heavy atom. The smallest absolute Gasteiger partial charge is 0.356 e. The van der Waals surface area contributed by atoms with Crippen molar-refractivity contribution in [2.75, 3.05) is 5.73 Å². The molecule has 0 amide bonds. The number of carbonyl (C=O) groups is 1. The molecule has 1 aromatic carbocycles. The molecule has 0 aliphatic carbocycles. The Bertz CT molecular complexity index is 855. The van der Waals surface area contributed by atoms with Crippen LogP contribution >= 0.6 is 0 Å². The van der Waals surface area contributed by atoms with E-state index in [1.165, 1.54) is 0 Å². The number of aromatic carboxylic acids is 1. The van der Waals surface area contributed by atoms with E-state index in [0.29, 0.717) is 22.8 Å². The lowest BCUT2D eigenvalue weighted by Crippen LogP contribution is -2.02. The van der Waals surface area contributed by atoms with Gasteiger partial charge in [-0.3, -0.25) is 4.40 Å². The van der Waals surface area contributed by atoms with Gasteiger partial charge in [-0.05, 0) is 36.8 Å². The minimum atomic E-state index is -1.08. The fourth-order valence-corrected chi connectivity index (χ4v) is 2.28. The van der Waals surface area contributed by atoms with Crippen LogP contribution < -0.4 is 10.5 Å². The highest BCUT2D eigenvalue weighted by Crippen LogP contribution is 2.19. The number of ether oxygens (including phenoxy) is 1. The molecule has 0 aliphatic rings. The summed E-state index contributed by atoms with van der Waals surface area (Å²) in [6, 6.07) is 10.9. The summed E-state index contributed by atoms with van der Waals surface area (Å²) in [4.78, 5) is 15.4. The minimum absolute atomic E-state index is 0.0113. The Kier molecular flexibility index (Phi) is 3.42. The number of benzene rings is 1. The quantitative estimate of drug-likeness (QED) is 0.772. The van der Waals surface area contributed by atoms with Crippen LogP contribution in [-0.4, -0.2) is 20.5 Å². The average Bonchev–Trinajstić information content (AvgIpc) is 2.83. The van der Waals surface area contributed by atoms with Gasteiger partial charge in [-0.15, -0.1) is 0 Å². The number of carboxylic acid groups (broad SMARTS) is 1. The number of fused-ring (bicyclic) bond motifs is 1. The van der Waals surface area contributed by atoms with Crippen molar-refractivity contribution in [1.29, 1.82) is 0 Å². The van der Waals surface area contributed by atoms with Crippen LogP contribution in [-0.2, 0) is 6.61 Å². The number of hydrogen-bond donors (Lipinski definition) is 2. The number of hydrogen-bond acceptors (Lipinski definition) is 4. The first-order valence-corrected chi connectivity index (χ1v) is 6.74. The normalized spacial score (nSPS) is 10.8. The molecule has 6 nitrogen and oxygen atoms in total. The summed E-state index contributed by atoms with van der Waals surface area (Å²) in [6.45, 7) is 2.13. The standard InChI is InChI=1S/C16H15N3O3/c1-10-3-2-4-12(7-10)22-9-14-18-15(16(20)21)13-6-5-11(17)8-19(13)14/h2-8H,9,17H2,1H3,(H,20,21). The van der Waals surface area contributed by atoms with E-state index >= 15 is 0 Å². The molecule has 112 valence electrons. The molecular formula is C16H15N3O3. The molecule has 0 spiro atoms. The van der Waals surface area contributed by atoms with E-state index in [-0.39, 0.29) is 12.3 Å². The Morgan fingerprint density at radius 1 is 1.36 bits per heavy atom. The fraction of sp³-hybridized carbons (Fsp3) is 0.125. The number of aryl methyl sites for hydroxylation is 1. The molecule has 0 fully saturated rings. The van der Waals surface area contributed by atoms with Crippen LogP contribution in [0.4, 0.5) is 5.69 Å². The second kappa shape index (κ2) is 5.40. The zero-order valence-electron chi connectivity index (χ0n) is 12.0. The first-order valence-electron chi connectivity index (χ1n) is 6.74. The van der Waals surface area contributed by atoms with Crippen molar-refractivity contribution < 1.29 is 14.6 Å². The van der Waals surface area contributed by atoms with Gasteiger partial charge in [-0.2, -0.15) is 0 Å². The average molecular weight is 297 g/mol. The first-order chi connectivity index (χ1) is 10.5. The summed E-state index contributed by atoms with van der Waals surface area (Å²) >= 11 is 0. The molecule has 3 rings (SSSR count). The second-order valence-electron chi connectivity index (χ2n) is 5.00. The van der Waals surface area contributed by atoms with Crippen LogP contribution in [0.1, 0.15) is 21.9 Å². The number of aromatic nitrogens is 2. The van der Waals surface area contributed by atoms with Crippen molar-refractivity contribution >= 4 is 17.2 Å². The maximum atomic E-state index is 11.3. The second-order valence-corrected chi connectivity index (χ2v) is 5.00. The largest absolute Gasteiger partial charge is 0.486 e. The number of carboxylic acids is 1. The molecule has 6 heteroatoms. The lowest BCUT2D eigenvalue weighted by Gasteiger charge is -2.06. The number of nitrogen functional groups attached to an aromatic ring is 1. The van der Waals surface area contributed by atoms with Crippen LogP contribution in [0.15, 0.2) is 42.6 Å². The Labute approximate surface area is 126 Å². The molecule has 0 saturated carbocycles. The Morgan fingerprint density at radius 2 is 2.18 bits per heavy atom. The van der Waals surface area contributed by atoms with Gasteiger partial charge in [0.25, 0.3) is 0 Å². The van der Waals surface area contributed by atoms with Gasteiger partial charge in [0.15, 0.2) is 11.5 Å². The third kappa shape index (κ3) is 2.58. The highest BCUT2D eigenvalue weighted by Gasteiger charge is 2.17. The highest BCUT2D eigenvalue weighted by molar-refractivity contribution is 5.93. The number of nitrogens with zero attached hydrogens (tertiary/aromatic N) is 2. The maximum absolute atomic E-state index is 11.3.